The van der Waals surface area contributed by atoms with Crippen molar-refractivity contribution in [1.29, 1.82) is 0 Å². The van der Waals surface area contributed by atoms with Crippen LogP contribution in [0.3, 0.4) is 0 Å². The maximum atomic E-state index is 11.6. The molecule has 0 aliphatic carbocycles. The summed E-state index contributed by atoms with van der Waals surface area (Å²) in [5.74, 6) is -0.363. The SMILES string of the molecule is COCC(C)NC(=O)COc1ccc(Br)cc1S(N)(=O)=O. The van der Waals surface area contributed by atoms with Crippen LogP contribution in [0.5, 0.6) is 5.75 Å². The lowest BCUT2D eigenvalue weighted by Gasteiger charge is -2.14. The fourth-order valence-corrected chi connectivity index (χ4v) is 2.79. The van der Waals surface area contributed by atoms with Crippen molar-refractivity contribution in [2.45, 2.75) is 17.9 Å². The Labute approximate surface area is 132 Å². The third-order valence-corrected chi connectivity index (χ3v) is 3.82. The molecule has 7 nitrogen and oxygen atoms in total. The Morgan fingerprint density at radius 1 is 1.48 bits per heavy atom. The molecule has 1 atom stereocenters. The van der Waals surface area contributed by atoms with Gasteiger partial charge in [-0.25, -0.2) is 13.6 Å². The minimum absolute atomic E-state index is 0.0234. The maximum Gasteiger partial charge on any atom is 0.258 e. The van der Waals surface area contributed by atoms with Crippen LogP contribution in [0.25, 0.3) is 0 Å². The average molecular weight is 381 g/mol. The molecule has 0 saturated carbocycles. The Balaban J connectivity index is 2.74. The number of halogens is 1. The Morgan fingerprint density at radius 3 is 2.71 bits per heavy atom. The van der Waals surface area contributed by atoms with Crippen molar-refractivity contribution in [3.63, 3.8) is 0 Å². The molecule has 21 heavy (non-hydrogen) atoms. The number of primary sulfonamides is 1. The molecule has 1 rings (SSSR count). The minimum Gasteiger partial charge on any atom is -0.482 e. The van der Waals surface area contributed by atoms with Gasteiger partial charge in [-0.05, 0) is 25.1 Å². The topological polar surface area (TPSA) is 108 Å². The number of benzene rings is 1. The van der Waals surface area contributed by atoms with Crippen LogP contribution in [0.1, 0.15) is 6.92 Å². The summed E-state index contributed by atoms with van der Waals surface area (Å²) >= 11 is 3.15. The number of ether oxygens (including phenoxy) is 2. The molecule has 1 unspecified atom stereocenters. The van der Waals surface area contributed by atoms with Crippen LogP contribution >= 0.6 is 15.9 Å². The van der Waals surface area contributed by atoms with E-state index in [1.807, 2.05) is 0 Å². The zero-order valence-corrected chi connectivity index (χ0v) is 14.0. The summed E-state index contributed by atoms with van der Waals surface area (Å²) in [6.07, 6.45) is 0. The first-order valence-corrected chi connectivity index (χ1v) is 8.31. The number of rotatable bonds is 7. The third kappa shape index (κ3) is 6.00. The van der Waals surface area contributed by atoms with Gasteiger partial charge in [0, 0.05) is 17.6 Å². The third-order valence-electron chi connectivity index (χ3n) is 2.40. The van der Waals surface area contributed by atoms with E-state index in [1.165, 1.54) is 19.2 Å². The molecule has 0 spiro atoms. The number of carbonyl (C=O) groups excluding carboxylic acids is 1. The van der Waals surface area contributed by atoms with E-state index in [0.717, 1.165) is 0 Å². The van der Waals surface area contributed by atoms with Crippen molar-refractivity contribution in [2.24, 2.45) is 5.14 Å². The van der Waals surface area contributed by atoms with Crippen molar-refractivity contribution >= 4 is 31.9 Å². The smallest absolute Gasteiger partial charge is 0.258 e. The Kier molecular flexibility index (Phi) is 6.59. The molecule has 9 heteroatoms. The van der Waals surface area contributed by atoms with Gasteiger partial charge in [0.15, 0.2) is 6.61 Å². The molecule has 118 valence electrons. The summed E-state index contributed by atoms with van der Waals surface area (Å²) in [7, 11) is -2.42. The predicted molar refractivity (Wildman–Crippen MR) is 80.5 cm³/mol. The quantitative estimate of drug-likeness (QED) is 0.720. The Hall–Kier alpha value is -1.16. The van der Waals surface area contributed by atoms with Gasteiger partial charge in [0.1, 0.15) is 10.6 Å². The number of sulfonamides is 1. The largest absolute Gasteiger partial charge is 0.482 e. The Morgan fingerprint density at radius 2 is 2.14 bits per heavy atom. The van der Waals surface area contributed by atoms with Gasteiger partial charge in [-0.2, -0.15) is 0 Å². The first kappa shape index (κ1) is 17.9. The van der Waals surface area contributed by atoms with Gasteiger partial charge < -0.3 is 14.8 Å². The molecule has 0 fully saturated rings. The fourth-order valence-electron chi connectivity index (χ4n) is 1.57. The van der Waals surface area contributed by atoms with E-state index >= 15 is 0 Å². The molecule has 1 aromatic carbocycles. The Bertz CT molecular complexity index is 606. The van der Waals surface area contributed by atoms with E-state index in [1.54, 1.807) is 13.0 Å². The number of hydrogen-bond acceptors (Lipinski definition) is 5. The molecule has 1 amide bonds. The number of amides is 1. The standard InChI is InChI=1S/C12H17BrN2O5S/c1-8(6-19-2)15-12(16)7-20-10-4-3-9(13)5-11(10)21(14,17)18/h3-5,8H,6-7H2,1-2H3,(H,15,16)(H2,14,17,18). The predicted octanol–water partition coefficient (Wildman–Crippen LogP) is 0.626. The summed E-state index contributed by atoms with van der Waals surface area (Å²) < 4.78 is 33.6. The van der Waals surface area contributed by atoms with Gasteiger partial charge >= 0.3 is 0 Å². The van der Waals surface area contributed by atoms with E-state index in [0.29, 0.717) is 11.1 Å². The van der Waals surface area contributed by atoms with E-state index in [9.17, 15) is 13.2 Å². The number of nitrogens with two attached hydrogens (primary N) is 1. The molecule has 0 aromatic heterocycles. The van der Waals surface area contributed by atoms with Crippen molar-refractivity contribution in [3.8, 4) is 5.75 Å². The number of hydrogen-bond donors (Lipinski definition) is 2. The lowest BCUT2D eigenvalue weighted by molar-refractivity contribution is -0.124. The van der Waals surface area contributed by atoms with Crippen molar-refractivity contribution in [3.05, 3.63) is 22.7 Å². The molecule has 0 saturated heterocycles. The van der Waals surface area contributed by atoms with E-state index < -0.39 is 10.0 Å². The van der Waals surface area contributed by atoms with Gasteiger partial charge in [-0.1, -0.05) is 15.9 Å². The summed E-state index contributed by atoms with van der Waals surface area (Å²) in [5.41, 5.74) is 0. The summed E-state index contributed by atoms with van der Waals surface area (Å²) in [4.78, 5) is 11.5. The van der Waals surface area contributed by atoms with Crippen LogP contribution in [0, 0.1) is 0 Å². The van der Waals surface area contributed by atoms with Crippen LogP contribution in [0.2, 0.25) is 0 Å². The second-order valence-corrected chi connectivity index (χ2v) is 6.79. The van der Waals surface area contributed by atoms with E-state index in [-0.39, 0.29) is 29.2 Å². The number of methoxy groups -OCH3 is 1. The lowest BCUT2D eigenvalue weighted by atomic mass is 10.3. The minimum atomic E-state index is -3.94. The fraction of sp³-hybridized carbons (Fsp3) is 0.417. The molecule has 0 aliphatic rings. The van der Waals surface area contributed by atoms with Crippen molar-refractivity contribution < 1.29 is 22.7 Å². The lowest BCUT2D eigenvalue weighted by Crippen LogP contribution is -2.38. The molecule has 0 bridgehead atoms. The normalized spacial score (nSPS) is 12.8. The van der Waals surface area contributed by atoms with E-state index in [2.05, 4.69) is 21.2 Å². The van der Waals surface area contributed by atoms with Crippen LogP contribution < -0.4 is 15.2 Å². The molecule has 3 N–H and O–H groups in total. The number of carbonyl (C=O) groups is 1. The van der Waals surface area contributed by atoms with Gasteiger partial charge in [0.25, 0.3) is 5.91 Å². The first-order valence-electron chi connectivity index (χ1n) is 5.97. The van der Waals surface area contributed by atoms with Crippen LogP contribution in [0.4, 0.5) is 0 Å². The van der Waals surface area contributed by atoms with Gasteiger partial charge in [0.05, 0.1) is 6.61 Å². The van der Waals surface area contributed by atoms with Crippen LogP contribution in [-0.4, -0.2) is 40.7 Å². The molecule has 1 aromatic rings. The molecule has 0 radical (unpaired) electrons. The first-order chi connectivity index (χ1) is 9.74. The zero-order chi connectivity index (χ0) is 16.0. The second-order valence-electron chi connectivity index (χ2n) is 4.35. The van der Waals surface area contributed by atoms with Gasteiger partial charge in [0.2, 0.25) is 10.0 Å². The molecule has 0 aliphatic heterocycles. The molecular weight excluding hydrogens is 364 g/mol. The van der Waals surface area contributed by atoms with Crippen LogP contribution in [-0.2, 0) is 19.6 Å². The van der Waals surface area contributed by atoms with Crippen LogP contribution in [0.15, 0.2) is 27.6 Å². The van der Waals surface area contributed by atoms with Crippen molar-refractivity contribution in [1.82, 2.24) is 5.32 Å². The maximum absolute atomic E-state index is 11.6. The monoisotopic (exact) mass is 380 g/mol. The summed E-state index contributed by atoms with van der Waals surface area (Å²) in [6, 6.07) is 4.16. The van der Waals surface area contributed by atoms with Gasteiger partial charge in [-0.3, -0.25) is 4.79 Å². The summed E-state index contributed by atoms with van der Waals surface area (Å²) in [5, 5.41) is 7.75. The van der Waals surface area contributed by atoms with E-state index in [4.69, 9.17) is 14.6 Å². The summed E-state index contributed by atoms with van der Waals surface area (Å²) in [6.45, 7) is 1.82. The highest BCUT2D eigenvalue weighted by molar-refractivity contribution is 9.10. The van der Waals surface area contributed by atoms with Gasteiger partial charge in [-0.15, -0.1) is 0 Å². The second kappa shape index (κ2) is 7.74. The molecule has 0 heterocycles. The highest BCUT2D eigenvalue weighted by atomic mass is 79.9. The highest BCUT2D eigenvalue weighted by Gasteiger charge is 2.17. The zero-order valence-electron chi connectivity index (χ0n) is 11.6. The highest BCUT2D eigenvalue weighted by Crippen LogP contribution is 2.26. The average Bonchev–Trinajstić information content (AvgIpc) is 2.36. The molecular formula is C12H17BrN2O5S. The van der Waals surface area contributed by atoms with Crippen molar-refractivity contribution in [2.75, 3.05) is 20.3 Å². The number of nitrogens with one attached hydrogen (secondary N) is 1.